The van der Waals surface area contributed by atoms with E-state index in [0.717, 1.165) is 5.01 Å². The Morgan fingerprint density at radius 3 is 2.86 bits per heavy atom. The summed E-state index contributed by atoms with van der Waals surface area (Å²) >= 11 is 1.45. The molecule has 0 spiro atoms. The largest absolute Gasteiger partial charge is 0.480 e. The highest BCUT2D eigenvalue weighted by molar-refractivity contribution is 7.09. The summed E-state index contributed by atoms with van der Waals surface area (Å²) in [6, 6.07) is 0. The van der Waals surface area contributed by atoms with Crippen LogP contribution in [0.5, 0.6) is 0 Å². The monoisotopic (exact) mass is 309 g/mol. The molecule has 0 aliphatic heterocycles. The van der Waals surface area contributed by atoms with Crippen molar-refractivity contribution in [2.75, 3.05) is 0 Å². The Morgan fingerprint density at radius 2 is 2.24 bits per heavy atom. The molecule has 2 rings (SSSR count). The zero-order chi connectivity index (χ0) is 15.4. The summed E-state index contributed by atoms with van der Waals surface area (Å²) in [6.45, 7) is 3.94. The second-order valence-corrected chi connectivity index (χ2v) is 5.60. The van der Waals surface area contributed by atoms with Gasteiger partial charge < -0.3 is 10.4 Å². The maximum atomic E-state index is 11.9. The lowest BCUT2D eigenvalue weighted by atomic mass is 10.2. The molecule has 2 aromatic heterocycles. The van der Waals surface area contributed by atoms with Gasteiger partial charge in [-0.3, -0.25) is 9.59 Å². The maximum absolute atomic E-state index is 11.9. The average Bonchev–Trinajstić information content (AvgIpc) is 3.04. The summed E-state index contributed by atoms with van der Waals surface area (Å²) < 4.78 is 1.20. The fourth-order valence-electron chi connectivity index (χ4n) is 1.55. The van der Waals surface area contributed by atoms with Crippen molar-refractivity contribution in [2.45, 2.75) is 32.9 Å². The molecule has 0 aromatic carbocycles. The van der Waals surface area contributed by atoms with Gasteiger partial charge in [0.25, 0.3) is 5.91 Å². The molecule has 2 aromatic rings. The van der Waals surface area contributed by atoms with E-state index in [0.29, 0.717) is 11.4 Å². The molecule has 0 bridgehead atoms. The van der Waals surface area contributed by atoms with Crippen molar-refractivity contribution in [1.82, 2.24) is 25.3 Å². The van der Waals surface area contributed by atoms with E-state index in [9.17, 15) is 9.59 Å². The van der Waals surface area contributed by atoms with E-state index < -0.39 is 5.97 Å². The highest BCUT2D eigenvalue weighted by atomic mass is 32.1. The molecule has 0 aliphatic carbocycles. The Kier molecular flexibility index (Phi) is 4.63. The Balaban J connectivity index is 1.91. The van der Waals surface area contributed by atoms with Crippen LogP contribution < -0.4 is 5.32 Å². The lowest BCUT2D eigenvalue weighted by Gasteiger charge is -2.00. The number of carbonyl (C=O) groups excluding carboxylic acids is 1. The number of hydrogen-bond donors (Lipinski definition) is 2. The van der Waals surface area contributed by atoms with Crippen molar-refractivity contribution in [1.29, 1.82) is 0 Å². The molecule has 0 atom stereocenters. The van der Waals surface area contributed by atoms with Crippen LogP contribution in [0.3, 0.4) is 0 Å². The summed E-state index contributed by atoms with van der Waals surface area (Å²) in [7, 11) is 0. The van der Waals surface area contributed by atoms with Crippen molar-refractivity contribution < 1.29 is 14.7 Å². The highest BCUT2D eigenvalue weighted by Crippen LogP contribution is 2.18. The third-order valence-corrected chi connectivity index (χ3v) is 3.71. The molecule has 0 radical (unpaired) electrons. The lowest BCUT2D eigenvalue weighted by molar-refractivity contribution is -0.137. The predicted octanol–water partition coefficient (Wildman–Crippen LogP) is 0.873. The second kappa shape index (κ2) is 6.44. The zero-order valence-electron chi connectivity index (χ0n) is 11.6. The molecule has 2 heterocycles. The quantitative estimate of drug-likeness (QED) is 0.819. The van der Waals surface area contributed by atoms with Gasteiger partial charge in [-0.2, -0.15) is 0 Å². The molecular weight excluding hydrogens is 294 g/mol. The smallest absolute Gasteiger partial charge is 0.325 e. The standard InChI is InChI=1S/C12H15N5O3S/c1-7(2)12-14-9(6-21-12)11(20)13-3-8-4-17(16-15-8)5-10(18)19/h4,6-7H,3,5H2,1-2H3,(H,13,20)(H,18,19). The van der Waals surface area contributed by atoms with Gasteiger partial charge in [-0.15, -0.1) is 16.4 Å². The minimum atomic E-state index is -1.00. The molecule has 1 amide bonds. The van der Waals surface area contributed by atoms with E-state index in [1.807, 2.05) is 13.8 Å². The van der Waals surface area contributed by atoms with Crippen LogP contribution >= 0.6 is 11.3 Å². The van der Waals surface area contributed by atoms with Gasteiger partial charge in [-0.05, 0) is 0 Å². The first kappa shape index (κ1) is 15.1. The number of hydrogen-bond acceptors (Lipinski definition) is 6. The summed E-state index contributed by atoms with van der Waals surface area (Å²) in [5.74, 6) is -1.00. The van der Waals surface area contributed by atoms with Crippen LogP contribution in [0, 0.1) is 0 Å². The Hall–Kier alpha value is -2.29. The van der Waals surface area contributed by atoms with Gasteiger partial charge in [-0.25, -0.2) is 9.67 Å². The van der Waals surface area contributed by atoms with Crippen molar-refractivity contribution in [2.24, 2.45) is 0 Å². The number of aliphatic carboxylic acids is 1. The third kappa shape index (κ3) is 4.09. The molecule has 112 valence electrons. The van der Waals surface area contributed by atoms with Crippen molar-refractivity contribution >= 4 is 23.2 Å². The van der Waals surface area contributed by atoms with Crippen LogP contribution in [0.1, 0.15) is 41.0 Å². The molecular formula is C12H15N5O3S. The number of carbonyl (C=O) groups is 2. The van der Waals surface area contributed by atoms with Gasteiger partial charge in [0.2, 0.25) is 0 Å². The van der Waals surface area contributed by atoms with Crippen molar-refractivity contribution in [3.05, 3.63) is 28.0 Å². The first-order valence-electron chi connectivity index (χ1n) is 6.30. The predicted molar refractivity (Wildman–Crippen MR) is 75.0 cm³/mol. The normalized spacial score (nSPS) is 10.8. The van der Waals surface area contributed by atoms with Crippen LogP contribution in [-0.2, 0) is 17.9 Å². The molecule has 0 saturated heterocycles. The van der Waals surface area contributed by atoms with Crippen molar-refractivity contribution in [3.8, 4) is 0 Å². The second-order valence-electron chi connectivity index (χ2n) is 4.71. The third-order valence-electron chi connectivity index (χ3n) is 2.56. The number of thiazole rings is 1. The fraction of sp³-hybridized carbons (Fsp3) is 0.417. The molecule has 2 N–H and O–H groups in total. The van der Waals surface area contributed by atoms with E-state index in [-0.39, 0.29) is 24.9 Å². The van der Waals surface area contributed by atoms with Crippen LogP contribution in [0.4, 0.5) is 0 Å². The highest BCUT2D eigenvalue weighted by Gasteiger charge is 2.13. The minimum absolute atomic E-state index is 0.174. The molecule has 8 nitrogen and oxygen atoms in total. The van der Waals surface area contributed by atoms with Gasteiger partial charge in [0.05, 0.1) is 17.7 Å². The van der Waals surface area contributed by atoms with Gasteiger partial charge in [0.15, 0.2) is 0 Å². The lowest BCUT2D eigenvalue weighted by Crippen LogP contribution is -2.23. The average molecular weight is 309 g/mol. The summed E-state index contributed by atoms with van der Waals surface area (Å²) in [5.41, 5.74) is 0.866. The van der Waals surface area contributed by atoms with Crippen LogP contribution in [-0.4, -0.2) is 37.0 Å². The fourth-order valence-corrected chi connectivity index (χ4v) is 2.37. The zero-order valence-corrected chi connectivity index (χ0v) is 12.4. The van der Waals surface area contributed by atoms with Crippen LogP contribution in [0.15, 0.2) is 11.6 Å². The van der Waals surface area contributed by atoms with Crippen LogP contribution in [0.2, 0.25) is 0 Å². The number of rotatable bonds is 6. The van der Waals surface area contributed by atoms with E-state index in [1.54, 1.807) is 5.38 Å². The first-order chi connectivity index (χ1) is 9.95. The Bertz CT molecular complexity index is 649. The van der Waals surface area contributed by atoms with Gasteiger partial charge in [0.1, 0.15) is 17.9 Å². The van der Waals surface area contributed by atoms with Crippen molar-refractivity contribution in [3.63, 3.8) is 0 Å². The van der Waals surface area contributed by atoms with Crippen LogP contribution in [0.25, 0.3) is 0 Å². The number of aromatic nitrogens is 4. The van der Waals surface area contributed by atoms with Gasteiger partial charge >= 0.3 is 5.97 Å². The maximum Gasteiger partial charge on any atom is 0.325 e. The first-order valence-corrected chi connectivity index (χ1v) is 7.18. The SMILES string of the molecule is CC(C)c1nc(C(=O)NCc2cn(CC(=O)O)nn2)cs1. The van der Waals surface area contributed by atoms with E-state index in [2.05, 4.69) is 20.6 Å². The number of carboxylic acid groups (broad SMARTS) is 1. The topological polar surface area (TPSA) is 110 Å². The summed E-state index contributed by atoms with van der Waals surface area (Å²) in [5, 5.41) is 21.4. The van der Waals surface area contributed by atoms with E-state index in [4.69, 9.17) is 5.11 Å². The molecule has 9 heteroatoms. The molecule has 0 unspecified atom stereocenters. The van der Waals surface area contributed by atoms with E-state index >= 15 is 0 Å². The van der Waals surface area contributed by atoms with Gasteiger partial charge in [0, 0.05) is 11.3 Å². The number of amides is 1. The Morgan fingerprint density at radius 1 is 1.48 bits per heavy atom. The Labute approximate surface area is 124 Å². The molecule has 0 fully saturated rings. The molecule has 0 saturated carbocycles. The van der Waals surface area contributed by atoms with Gasteiger partial charge in [-0.1, -0.05) is 19.1 Å². The molecule has 0 aliphatic rings. The summed E-state index contributed by atoms with van der Waals surface area (Å²) in [4.78, 5) is 26.7. The molecule has 21 heavy (non-hydrogen) atoms. The summed E-state index contributed by atoms with van der Waals surface area (Å²) in [6.07, 6.45) is 1.48. The van der Waals surface area contributed by atoms with E-state index in [1.165, 1.54) is 22.2 Å². The number of carboxylic acids is 1. The number of nitrogens with zero attached hydrogens (tertiary/aromatic N) is 4. The number of nitrogens with one attached hydrogen (secondary N) is 1. The minimum Gasteiger partial charge on any atom is -0.480 e.